The summed E-state index contributed by atoms with van der Waals surface area (Å²) in [5, 5.41) is 3.05. The van der Waals surface area contributed by atoms with Crippen molar-refractivity contribution in [3.8, 4) is 0 Å². The first kappa shape index (κ1) is 14.5. The molecule has 1 aliphatic carbocycles. The summed E-state index contributed by atoms with van der Waals surface area (Å²) >= 11 is 0. The van der Waals surface area contributed by atoms with Gasteiger partial charge in [0.05, 0.1) is 5.41 Å². The van der Waals surface area contributed by atoms with Crippen LogP contribution in [0.2, 0.25) is 0 Å². The van der Waals surface area contributed by atoms with Crippen molar-refractivity contribution >= 4 is 5.91 Å². The van der Waals surface area contributed by atoms with Crippen molar-refractivity contribution in [2.24, 2.45) is 22.0 Å². The number of carbonyl (C=O) groups excluding carboxylic acids is 1. The average molecular weight is 240 g/mol. The zero-order valence-electron chi connectivity index (χ0n) is 12.0. The molecule has 1 unspecified atom stereocenters. The zero-order chi connectivity index (χ0) is 13.3. The first-order valence-electron chi connectivity index (χ1n) is 6.63. The smallest absolute Gasteiger partial charge is 0.226 e. The summed E-state index contributed by atoms with van der Waals surface area (Å²) in [6.45, 7) is 12.3. The molecule has 0 aromatic rings. The first-order chi connectivity index (χ1) is 7.65. The van der Waals surface area contributed by atoms with Gasteiger partial charge < -0.3 is 11.1 Å². The van der Waals surface area contributed by atoms with Crippen LogP contribution in [-0.2, 0) is 4.79 Å². The maximum atomic E-state index is 12.3. The fraction of sp³-hybridized carbons (Fsp3) is 0.929. The molecule has 1 fully saturated rings. The molecule has 1 atom stereocenters. The molecular weight excluding hydrogens is 212 g/mol. The van der Waals surface area contributed by atoms with E-state index in [1.54, 1.807) is 0 Å². The summed E-state index contributed by atoms with van der Waals surface area (Å²) in [5.74, 6) is 0.228. The summed E-state index contributed by atoms with van der Waals surface area (Å²) < 4.78 is 0. The lowest BCUT2D eigenvalue weighted by molar-refractivity contribution is -0.128. The number of nitrogens with two attached hydrogens (primary N) is 1. The van der Waals surface area contributed by atoms with Crippen LogP contribution in [0.1, 0.15) is 53.9 Å². The SMILES string of the molecule is CC(C)(C)CC1(C(=O)NCCCN)CC1(C)C. The zero-order valence-corrected chi connectivity index (χ0v) is 12.0. The predicted octanol–water partition coefficient (Wildman–Crippen LogP) is 2.30. The summed E-state index contributed by atoms with van der Waals surface area (Å²) in [4.78, 5) is 12.3. The Bertz CT molecular complexity index is 291. The third-order valence-electron chi connectivity index (χ3n) is 3.85. The van der Waals surface area contributed by atoms with Gasteiger partial charge in [0.2, 0.25) is 5.91 Å². The molecule has 0 heterocycles. The molecule has 0 spiro atoms. The number of amides is 1. The highest BCUT2D eigenvalue weighted by atomic mass is 16.2. The number of nitrogens with one attached hydrogen (secondary N) is 1. The molecule has 3 N–H and O–H groups in total. The minimum Gasteiger partial charge on any atom is -0.356 e. The molecule has 17 heavy (non-hydrogen) atoms. The van der Waals surface area contributed by atoms with E-state index in [0.717, 1.165) is 19.3 Å². The second-order valence-corrected chi connectivity index (χ2v) is 7.28. The number of hydrogen-bond donors (Lipinski definition) is 2. The quantitative estimate of drug-likeness (QED) is 0.725. The third kappa shape index (κ3) is 3.21. The van der Waals surface area contributed by atoms with Gasteiger partial charge in [-0.3, -0.25) is 4.79 Å². The molecule has 1 rings (SSSR count). The number of hydrogen-bond acceptors (Lipinski definition) is 2. The highest BCUT2D eigenvalue weighted by Crippen LogP contribution is 2.67. The van der Waals surface area contributed by atoms with Gasteiger partial charge in [-0.2, -0.15) is 0 Å². The molecule has 0 radical (unpaired) electrons. The second-order valence-electron chi connectivity index (χ2n) is 7.28. The molecule has 1 saturated carbocycles. The van der Waals surface area contributed by atoms with Crippen molar-refractivity contribution in [3.63, 3.8) is 0 Å². The Morgan fingerprint density at radius 3 is 2.24 bits per heavy atom. The van der Waals surface area contributed by atoms with Crippen molar-refractivity contribution in [3.05, 3.63) is 0 Å². The van der Waals surface area contributed by atoms with Crippen LogP contribution in [0.15, 0.2) is 0 Å². The highest BCUT2D eigenvalue weighted by Gasteiger charge is 2.66. The maximum Gasteiger partial charge on any atom is 0.226 e. The lowest BCUT2D eigenvalue weighted by Gasteiger charge is -2.28. The van der Waals surface area contributed by atoms with Crippen molar-refractivity contribution in [1.82, 2.24) is 5.32 Å². The van der Waals surface area contributed by atoms with E-state index in [-0.39, 0.29) is 22.2 Å². The molecular formula is C14H28N2O. The fourth-order valence-electron chi connectivity index (χ4n) is 2.86. The summed E-state index contributed by atoms with van der Waals surface area (Å²) in [6, 6.07) is 0. The van der Waals surface area contributed by atoms with Crippen molar-refractivity contribution in [2.45, 2.75) is 53.9 Å². The number of carbonyl (C=O) groups is 1. The van der Waals surface area contributed by atoms with Gasteiger partial charge in [0.1, 0.15) is 0 Å². The molecule has 0 aromatic carbocycles. The lowest BCUT2D eigenvalue weighted by atomic mass is 9.78. The van der Waals surface area contributed by atoms with E-state index >= 15 is 0 Å². The van der Waals surface area contributed by atoms with Crippen LogP contribution in [0.5, 0.6) is 0 Å². The molecule has 100 valence electrons. The summed E-state index contributed by atoms with van der Waals surface area (Å²) in [7, 11) is 0. The van der Waals surface area contributed by atoms with Gasteiger partial charge in [-0.1, -0.05) is 34.6 Å². The standard InChI is InChI=1S/C14H28N2O/c1-12(2,3)9-14(10-13(14,4)5)11(17)16-8-6-7-15/h6-10,15H2,1-5H3,(H,16,17). The van der Waals surface area contributed by atoms with Crippen LogP contribution in [0, 0.1) is 16.2 Å². The van der Waals surface area contributed by atoms with Crippen molar-refractivity contribution in [1.29, 1.82) is 0 Å². The summed E-state index contributed by atoms with van der Waals surface area (Å²) in [6.07, 6.45) is 2.82. The van der Waals surface area contributed by atoms with Gasteiger partial charge in [-0.25, -0.2) is 0 Å². The topological polar surface area (TPSA) is 55.1 Å². The minimum absolute atomic E-state index is 0.146. The molecule has 0 saturated heterocycles. The van der Waals surface area contributed by atoms with E-state index < -0.39 is 0 Å². The van der Waals surface area contributed by atoms with E-state index in [9.17, 15) is 4.79 Å². The van der Waals surface area contributed by atoms with Gasteiger partial charge in [0.25, 0.3) is 0 Å². The Kier molecular flexibility index (Phi) is 3.92. The van der Waals surface area contributed by atoms with Gasteiger partial charge in [0, 0.05) is 6.54 Å². The van der Waals surface area contributed by atoms with Crippen LogP contribution in [-0.4, -0.2) is 19.0 Å². The predicted molar refractivity (Wildman–Crippen MR) is 71.6 cm³/mol. The van der Waals surface area contributed by atoms with Crippen LogP contribution in [0.3, 0.4) is 0 Å². The Morgan fingerprint density at radius 2 is 1.88 bits per heavy atom. The van der Waals surface area contributed by atoms with Crippen LogP contribution in [0.25, 0.3) is 0 Å². The molecule has 1 amide bonds. The lowest BCUT2D eigenvalue weighted by Crippen LogP contribution is -2.38. The van der Waals surface area contributed by atoms with Crippen molar-refractivity contribution < 1.29 is 4.79 Å². The molecule has 3 nitrogen and oxygen atoms in total. The third-order valence-corrected chi connectivity index (χ3v) is 3.85. The number of rotatable bonds is 5. The molecule has 0 bridgehead atoms. The van der Waals surface area contributed by atoms with E-state index in [0.29, 0.717) is 13.1 Å². The molecule has 0 aromatic heterocycles. The van der Waals surface area contributed by atoms with E-state index in [4.69, 9.17) is 5.73 Å². The Hall–Kier alpha value is -0.570. The summed E-state index contributed by atoms with van der Waals surface area (Å²) in [5.41, 5.74) is 5.63. The molecule has 3 heteroatoms. The highest BCUT2D eigenvalue weighted by molar-refractivity contribution is 5.87. The Labute approximate surface area is 106 Å². The van der Waals surface area contributed by atoms with Crippen LogP contribution >= 0.6 is 0 Å². The molecule has 1 aliphatic rings. The maximum absolute atomic E-state index is 12.3. The monoisotopic (exact) mass is 240 g/mol. The van der Waals surface area contributed by atoms with Gasteiger partial charge in [-0.05, 0) is 36.6 Å². The van der Waals surface area contributed by atoms with E-state index in [2.05, 4.69) is 39.9 Å². The largest absolute Gasteiger partial charge is 0.356 e. The Balaban J connectivity index is 2.65. The van der Waals surface area contributed by atoms with Crippen LogP contribution in [0.4, 0.5) is 0 Å². The van der Waals surface area contributed by atoms with Gasteiger partial charge >= 0.3 is 0 Å². The normalized spacial score (nSPS) is 26.7. The van der Waals surface area contributed by atoms with E-state index in [1.165, 1.54) is 0 Å². The first-order valence-corrected chi connectivity index (χ1v) is 6.63. The van der Waals surface area contributed by atoms with Crippen LogP contribution < -0.4 is 11.1 Å². The minimum atomic E-state index is -0.153. The van der Waals surface area contributed by atoms with Gasteiger partial charge in [0.15, 0.2) is 0 Å². The van der Waals surface area contributed by atoms with E-state index in [1.807, 2.05) is 0 Å². The fourth-order valence-corrected chi connectivity index (χ4v) is 2.86. The Morgan fingerprint density at radius 1 is 1.35 bits per heavy atom. The molecule has 0 aliphatic heterocycles. The van der Waals surface area contributed by atoms with Crippen molar-refractivity contribution in [2.75, 3.05) is 13.1 Å². The average Bonchev–Trinajstić information content (AvgIpc) is 2.66. The van der Waals surface area contributed by atoms with Gasteiger partial charge in [-0.15, -0.1) is 0 Å². The second kappa shape index (κ2) is 4.60.